The highest BCUT2D eigenvalue weighted by Gasteiger charge is 2.25. The van der Waals surface area contributed by atoms with Crippen LogP contribution in [0.5, 0.6) is 0 Å². The fourth-order valence-electron chi connectivity index (χ4n) is 3.88. The van der Waals surface area contributed by atoms with Gasteiger partial charge in [0.2, 0.25) is 15.9 Å². The number of amidine groups is 1. The molecule has 0 bridgehead atoms. The van der Waals surface area contributed by atoms with Gasteiger partial charge in [0.05, 0.1) is 24.2 Å². The van der Waals surface area contributed by atoms with Crippen LogP contribution >= 0.6 is 0 Å². The zero-order chi connectivity index (χ0) is 23.9. The molecule has 0 spiro atoms. The first-order valence-electron chi connectivity index (χ1n) is 10.9. The largest absolute Gasteiger partial charge is 0.367 e. The molecule has 2 rings (SSSR count). The summed E-state index contributed by atoms with van der Waals surface area (Å²) in [5.74, 6) is -0.129. The maximum Gasteiger partial charge on any atom is 0.211 e. The SMILES string of the molecule is C=N/C(NCC1CCN(S(C)(=O)=O)CC1)=C(F)\C(=N/C)N(C)Cc1cc(C)nn1CCC. The van der Waals surface area contributed by atoms with E-state index < -0.39 is 15.9 Å². The highest BCUT2D eigenvalue weighted by molar-refractivity contribution is 7.88. The molecule has 0 unspecified atom stereocenters. The van der Waals surface area contributed by atoms with Gasteiger partial charge in [-0.05, 0) is 44.9 Å². The Hall–Kier alpha value is -2.27. The Labute approximate surface area is 191 Å². The van der Waals surface area contributed by atoms with Crippen molar-refractivity contribution in [1.29, 1.82) is 0 Å². The van der Waals surface area contributed by atoms with Gasteiger partial charge >= 0.3 is 0 Å². The fraction of sp³-hybridized carbons (Fsp3) is 0.667. The Morgan fingerprint density at radius 2 is 2.06 bits per heavy atom. The summed E-state index contributed by atoms with van der Waals surface area (Å²) >= 11 is 0. The highest BCUT2D eigenvalue weighted by Crippen LogP contribution is 2.20. The van der Waals surface area contributed by atoms with Gasteiger partial charge in [-0.2, -0.15) is 9.49 Å². The molecule has 1 aliphatic heterocycles. The van der Waals surface area contributed by atoms with Crippen molar-refractivity contribution in [2.45, 2.75) is 46.2 Å². The van der Waals surface area contributed by atoms with Gasteiger partial charge < -0.3 is 10.2 Å². The summed E-state index contributed by atoms with van der Waals surface area (Å²) in [6, 6.07) is 1.99. The lowest BCUT2D eigenvalue weighted by atomic mass is 9.98. The molecule has 0 radical (unpaired) electrons. The average molecular weight is 470 g/mol. The number of hydrogen-bond acceptors (Lipinski definition) is 6. The number of likely N-dealkylation sites (N-methyl/N-ethyl adjacent to an activating group) is 1. The van der Waals surface area contributed by atoms with Crippen LogP contribution in [0.2, 0.25) is 0 Å². The molecule has 0 aromatic carbocycles. The van der Waals surface area contributed by atoms with Crippen molar-refractivity contribution in [2.24, 2.45) is 15.9 Å². The number of halogens is 1. The van der Waals surface area contributed by atoms with Crippen LogP contribution in [0, 0.1) is 12.8 Å². The van der Waals surface area contributed by atoms with Gasteiger partial charge in [0, 0.05) is 40.3 Å². The number of sulfonamides is 1. The minimum atomic E-state index is -3.17. The normalized spacial score (nSPS) is 17.2. The summed E-state index contributed by atoms with van der Waals surface area (Å²) in [6.45, 7) is 10.2. The molecule has 0 amide bonds. The zero-order valence-corrected chi connectivity index (χ0v) is 20.6. The number of aryl methyl sites for hydroxylation is 2. The van der Waals surface area contributed by atoms with E-state index in [0.29, 0.717) is 39.0 Å². The van der Waals surface area contributed by atoms with Crippen LogP contribution in [-0.2, 0) is 23.1 Å². The van der Waals surface area contributed by atoms with Gasteiger partial charge in [-0.15, -0.1) is 0 Å². The van der Waals surface area contributed by atoms with E-state index in [4.69, 9.17) is 0 Å². The van der Waals surface area contributed by atoms with Crippen LogP contribution in [0.25, 0.3) is 0 Å². The topological polar surface area (TPSA) is 95.2 Å². The van der Waals surface area contributed by atoms with Gasteiger partial charge in [0.15, 0.2) is 11.7 Å². The standard InChI is InChI=1S/C21H36FN7O2S/c1-7-10-29-18(13-16(2)26-29)15-27(5)21(24-4)19(22)20(23-3)25-14-17-8-11-28(12-9-17)32(6,30)31/h13,17,25H,3,7-12,14-15H2,1-2,4-6H3/b20-19-,24-21+. The quantitative estimate of drug-likeness (QED) is 0.419. The number of piperidine rings is 1. The molecular formula is C21H36FN7O2S. The summed E-state index contributed by atoms with van der Waals surface area (Å²) in [5.41, 5.74) is 1.91. The van der Waals surface area contributed by atoms with E-state index in [2.05, 4.69) is 34.0 Å². The molecule has 1 aromatic heterocycles. The summed E-state index contributed by atoms with van der Waals surface area (Å²) < 4.78 is 42.1. The maximum atomic E-state index is 15.3. The van der Waals surface area contributed by atoms with Crippen molar-refractivity contribution < 1.29 is 12.8 Å². The minimum Gasteiger partial charge on any atom is -0.367 e. The molecule has 0 aliphatic carbocycles. The Morgan fingerprint density at radius 3 is 2.59 bits per heavy atom. The fourth-order valence-corrected chi connectivity index (χ4v) is 4.76. The zero-order valence-electron chi connectivity index (χ0n) is 19.8. The summed E-state index contributed by atoms with van der Waals surface area (Å²) in [4.78, 5) is 9.73. The van der Waals surface area contributed by atoms with E-state index in [-0.39, 0.29) is 17.6 Å². The molecule has 1 aliphatic rings. The molecule has 2 heterocycles. The minimum absolute atomic E-state index is 0.0428. The molecule has 1 aromatic rings. The molecular weight excluding hydrogens is 433 g/mol. The van der Waals surface area contributed by atoms with Crippen LogP contribution in [0.4, 0.5) is 4.39 Å². The monoisotopic (exact) mass is 469 g/mol. The first-order valence-corrected chi connectivity index (χ1v) is 12.7. The molecule has 9 nitrogen and oxygen atoms in total. The molecule has 32 heavy (non-hydrogen) atoms. The van der Waals surface area contributed by atoms with Gasteiger partial charge in [-0.1, -0.05) is 6.92 Å². The lowest BCUT2D eigenvalue weighted by molar-refractivity contribution is 0.272. The van der Waals surface area contributed by atoms with Gasteiger partial charge in [0.1, 0.15) is 0 Å². The number of nitrogens with zero attached hydrogens (tertiary/aromatic N) is 6. The second-order valence-corrected chi connectivity index (χ2v) is 10.2. The van der Waals surface area contributed by atoms with Crippen LogP contribution in [0.15, 0.2) is 27.7 Å². The molecule has 11 heteroatoms. The summed E-state index contributed by atoms with van der Waals surface area (Å²) in [5, 5.41) is 7.54. The molecule has 1 saturated heterocycles. The lowest BCUT2D eigenvalue weighted by Crippen LogP contribution is -2.40. The van der Waals surface area contributed by atoms with E-state index in [1.54, 1.807) is 19.0 Å². The maximum absolute atomic E-state index is 15.3. The molecule has 1 N–H and O–H groups in total. The number of hydrogen-bond donors (Lipinski definition) is 1. The van der Waals surface area contributed by atoms with Gasteiger partial charge in [0.25, 0.3) is 0 Å². The molecule has 0 atom stereocenters. The van der Waals surface area contributed by atoms with E-state index >= 15 is 4.39 Å². The van der Waals surface area contributed by atoms with Crippen LogP contribution in [0.3, 0.4) is 0 Å². The second-order valence-electron chi connectivity index (χ2n) is 8.21. The van der Waals surface area contributed by atoms with Crippen LogP contribution in [-0.4, -0.2) is 79.9 Å². The van der Waals surface area contributed by atoms with Gasteiger partial charge in [-0.25, -0.2) is 17.7 Å². The number of aliphatic imine (C=N–C) groups is 2. The van der Waals surface area contributed by atoms with E-state index in [1.165, 1.54) is 10.6 Å². The molecule has 1 fully saturated rings. The summed E-state index contributed by atoms with van der Waals surface area (Å²) in [6.07, 6.45) is 3.60. The number of rotatable bonds is 10. The van der Waals surface area contributed by atoms with Crippen LogP contribution in [0.1, 0.15) is 37.6 Å². The molecule has 180 valence electrons. The molecule has 0 saturated carbocycles. The van der Waals surface area contributed by atoms with E-state index in [0.717, 1.165) is 24.4 Å². The first-order chi connectivity index (χ1) is 15.1. The third kappa shape index (κ3) is 6.86. The smallest absolute Gasteiger partial charge is 0.211 e. The van der Waals surface area contributed by atoms with Crippen molar-refractivity contribution in [3.63, 3.8) is 0 Å². The van der Waals surface area contributed by atoms with Crippen molar-refractivity contribution in [1.82, 2.24) is 24.3 Å². The van der Waals surface area contributed by atoms with Crippen LogP contribution < -0.4 is 5.32 Å². The number of nitrogens with one attached hydrogen (secondary N) is 1. The van der Waals surface area contributed by atoms with E-state index in [1.807, 2.05) is 17.7 Å². The Bertz CT molecular complexity index is 947. The third-order valence-corrected chi connectivity index (χ3v) is 6.86. The number of aromatic nitrogens is 2. The summed E-state index contributed by atoms with van der Waals surface area (Å²) in [7, 11) is 0.157. The average Bonchev–Trinajstić information content (AvgIpc) is 3.07. The Balaban J connectivity index is 2.05. The third-order valence-electron chi connectivity index (χ3n) is 5.56. The van der Waals surface area contributed by atoms with Crippen molar-refractivity contribution in [3.05, 3.63) is 29.1 Å². The second kappa shape index (κ2) is 11.6. The predicted octanol–water partition coefficient (Wildman–Crippen LogP) is 2.16. The Kier molecular flexibility index (Phi) is 9.38. The van der Waals surface area contributed by atoms with Gasteiger partial charge in [-0.3, -0.25) is 9.67 Å². The predicted molar refractivity (Wildman–Crippen MR) is 127 cm³/mol. The lowest BCUT2D eigenvalue weighted by Gasteiger charge is -2.30. The van der Waals surface area contributed by atoms with Crippen molar-refractivity contribution in [3.8, 4) is 0 Å². The first kappa shape index (κ1) is 26.0. The van der Waals surface area contributed by atoms with E-state index in [9.17, 15) is 8.42 Å². The highest BCUT2D eigenvalue weighted by atomic mass is 32.2. The van der Waals surface area contributed by atoms with Crippen molar-refractivity contribution in [2.75, 3.05) is 40.0 Å². The van der Waals surface area contributed by atoms with Crippen molar-refractivity contribution >= 4 is 22.6 Å². The Morgan fingerprint density at radius 1 is 1.41 bits per heavy atom.